The van der Waals surface area contributed by atoms with Gasteiger partial charge in [-0.25, -0.2) is 4.79 Å². The highest BCUT2D eigenvalue weighted by atomic mass is 16.2. The van der Waals surface area contributed by atoms with Gasteiger partial charge in [-0.05, 0) is 25.0 Å². The molecule has 0 spiro atoms. The standard InChI is InChI=1S/C12H14N4O/c17-12(16-7-1-2-8-16)13-11-6-5-10(14-15-11)9-3-4-9/h1-2,5-6,9H,3-4,7-8H2,(H,13,15,17). The van der Waals surface area contributed by atoms with Crippen LogP contribution in [0.4, 0.5) is 10.6 Å². The van der Waals surface area contributed by atoms with Crippen molar-refractivity contribution in [3.05, 3.63) is 30.0 Å². The molecule has 0 saturated heterocycles. The van der Waals surface area contributed by atoms with E-state index in [0.717, 1.165) is 5.69 Å². The van der Waals surface area contributed by atoms with Crippen LogP contribution in [-0.2, 0) is 0 Å². The van der Waals surface area contributed by atoms with Gasteiger partial charge in [0.05, 0.1) is 5.69 Å². The molecular formula is C12H14N4O. The summed E-state index contributed by atoms with van der Waals surface area (Å²) in [7, 11) is 0. The molecule has 2 aliphatic rings. The highest BCUT2D eigenvalue weighted by Gasteiger charge is 2.25. The van der Waals surface area contributed by atoms with E-state index in [1.54, 1.807) is 4.90 Å². The molecule has 1 fully saturated rings. The lowest BCUT2D eigenvalue weighted by atomic mass is 10.3. The molecule has 1 aromatic heterocycles. The number of urea groups is 1. The first-order valence-corrected chi connectivity index (χ1v) is 5.87. The minimum absolute atomic E-state index is 0.122. The van der Waals surface area contributed by atoms with Crippen molar-refractivity contribution in [2.24, 2.45) is 0 Å². The molecule has 88 valence electrons. The van der Waals surface area contributed by atoms with Crippen LogP contribution >= 0.6 is 0 Å². The second kappa shape index (κ2) is 4.16. The van der Waals surface area contributed by atoms with Crippen LogP contribution in [0.5, 0.6) is 0 Å². The predicted octanol–water partition coefficient (Wildman–Crippen LogP) is 1.76. The third-order valence-electron chi connectivity index (χ3n) is 3.02. The molecule has 0 bridgehead atoms. The molecule has 2 amide bonds. The third kappa shape index (κ3) is 2.27. The Morgan fingerprint density at radius 1 is 1.24 bits per heavy atom. The van der Waals surface area contributed by atoms with Gasteiger partial charge >= 0.3 is 6.03 Å². The van der Waals surface area contributed by atoms with E-state index in [2.05, 4.69) is 15.5 Å². The van der Waals surface area contributed by atoms with Gasteiger partial charge in [0.15, 0.2) is 5.82 Å². The summed E-state index contributed by atoms with van der Waals surface area (Å²) in [6, 6.07) is 3.65. The zero-order valence-electron chi connectivity index (χ0n) is 9.47. The molecule has 1 aliphatic heterocycles. The Labute approximate surface area is 99.5 Å². The molecule has 1 aromatic rings. The maximum Gasteiger partial charge on any atom is 0.323 e. The van der Waals surface area contributed by atoms with Crippen molar-refractivity contribution in [2.45, 2.75) is 18.8 Å². The molecule has 3 rings (SSSR count). The first-order chi connectivity index (χ1) is 8.33. The number of rotatable bonds is 2. The lowest BCUT2D eigenvalue weighted by Gasteiger charge is -2.15. The fourth-order valence-corrected chi connectivity index (χ4v) is 1.84. The van der Waals surface area contributed by atoms with Gasteiger partial charge in [0.2, 0.25) is 0 Å². The van der Waals surface area contributed by atoms with Crippen LogP contribution in [-0.4, -0.2) is 34.2 Å². The zero-order valence-corrected chi connectivity index (χ0v) is 9.47. The lowest BCUT2D eigenvalue weighted by Crippen LogP contribution is -2.32. The van der Waals surface area contributed by atoms with E-state index < -0.39 is 0 Å². The summed E-state index contributed by atoms with van der Waals surface area (Å²) in [6.07, 6.45) is 6.36. The molecule has 0 unspecified atom stereocenters. The minimum atomic E-state index is -0.122. The van der Waals surface area contributed by atoms with Gasteiger partial charge in [-0.2, -0.15) is 5.10 Å². The van der Waals surface area contributed by atoms with Gasteiger partial charge in [0.25, 0.3) is 0 Å². The van der Waals surface area contributed by atoms with Gasteiger partial charge in [0, 0.05) is 19.0 Å². The smallest absolute Gasteiger partial charge is 0.317 e. The van der Waals surface area contributed by atoms with Crippen molar-refractivity contribution in [3.8, 4) is 0 Å². The van der Waals surface area contributed by atoms with E-state index in [0.29, 0.717) is 24.8 Å². The molecule has 5 nitrogen and oxygen atoms in total. The fourth-order valence-electron chi connectivity index (χ4n) is 1.84. The maximum absolute atomic E-state index is 11.8. The summed E-state index contributed by atoms with van der Waals surface area (Å²) in [6.45, 7) is 1.33. The van der Waals surface area contributed by atoms with Crippen LogP contribution in [0, 0.1) is 0 Å². The van der Waals surface area contributed by atoms with Crippen molar-refractivity contribution in [1.29, 1.82) is 0 Å². The van der Waals surface area contributed by atoms with Gasteiger partial charge in [-0.15, -0.1) is 5.10 Å². The van der Waals surface area contributed by atoms with E-state index >= 15 is 0 Å². The number of anilines is 1. The quantitative estimate of drug-likeness (QED) is 0.787. The van der Waals surface area contributed by atoms with Crippen molar-refractivity contribution in [3.63, 3.8) is 0 Å². The first-order valence-electron chi connectivity index (χ1n) is 5.87. The summed E-state index contributed by atoms with van der Waals surface area (Å²) < 4.78 is 0. The summed E-state index contributed by atoms with van der Waals surface area (Å²) in [5.74, 6) is 1.11. The number of hydrogen-bond donors (Lipinski definition) is 1. The van der Waals surface area contributed by atoms with E-state index in [1.807, 2.05) is 24.3 Å². The van der Waals surface area contributed by atoms with Gasteiger partial charge < -0.3 is 4.90 Å². The van der Waals surface area contributed by atoms with Crippen LogP contribution < -0.4 is 5.32 Å². The highest BCUT2D eigenvalue weighted by Crippen LogP contribution is 2.38. The van der Waals surface area contributed by atoms with Crippen molar-refractivity contribution in [2.75, 3.05) is 18.4 Å². The topological polar surface area (TPSA) is 58.1 Å². The molecule has 0 aromatic carbocycles. The normalized spacial score (nSPS) is 18.5. The number of nitrogens with zero attached hydrogens (tertiary/aromatic N) is 3. The molecule has 5 heteroatoms. The highest BCUT2D eigenvalue weighted by molar-refractivity contribution is 5.88. The monoisotopic (exact) mass is 230 g/mol. The summed E-state index contributed by atoms with van der Waals surface area (Å²) in [5.41, 5.74) is 1.03. The number of hydrogen-bond acceptors (Lipinski definition) is 3. The molecule has 2 heterocycles. The Morgan fingerprint density at radius 2 is 2.00 bits per heavy atom. The number of carbonyl (C=O) groups excluding carboxylic acids is 1. The van der Waals surface area contributed by atoms with Gasteiger partial charge in [-0.3, -0.25) is 5.32 Å². The van der Waals surface area contributed by atoms with E-state index in [1.165, 1.54) is 12.8 Å². The van der Waals surface area contributed by atoms with Crippen LogP contribution in [0.3, 0.4) is 0 Å². The Balaban J connectivity index is 1.61. The number of aromatic nitrogens is 2. The molecular weight excluding hydrogens is 216 g/mol. The zero-order chi connectivity index (χ0) is 11.7. The van der Waals surface area contributed by atoms with Crippen LogP contribution in [0.15, 0.2) is 24.3 Å². The Morgan fingerprint density at radius 3 is 2.59 bits per heavy atom. The second-order valence-electron chi connectivity index (χ2n) is 4.42. The lowest BCUT2D eigenvalue weighted by molar-refractivity contribution is 0.224. The Kier molecular flexibility index (Phi) is 2.51. The fraction of sp³-hybridized carbons (Fsp3) is 0.417. The maximum atomic E-state index is 11.8. The van der Waals surface area contributed by atoms with E-state index in [-0.39, 0.29) is 6.03 Å². The van der Waals surface area contributed by atoms with Crippen LogP contribution in [0.1, 0.15) is 24.5 Å². The van der Waals surface area contributed by atoms with Gasteiger partial charge in [0.1, 0.15) is 0 Å². The van der Waals surface area contributed by atoms with Crippen LogP contribution in [0.25, 0.3) is 0 Å². The number of carbonyl (C=O) groups is 1. The molecule has 1 aliphatic carbocycles. The van der Waals surface area contributed by atoms with Crippen molar-refractivity contribution >= 4 is 11.8 Å². The summed E-state index contributed by atoms with van der Waals surface area (Å²) in [4.78, 5) is 13.5. The second-order valence-corrected chi connectivity index (χ2v) is 4.42. The Hall–Kier alpha value is -1.91. The van der Waals surface area contributed by atoms with E-state index in [9.17, 15) is 4.79 Å². The largest absolute Gasteiger partial charge is 0.323 e. The number of nitrogens with one attached hydrogen (secondary N) is 1. The predicted molar refractivity (Wildman–Crippen MR) is 63.7 cm³/mol. The molecule has 1 saturated carbocycles. The van der Waals surface area contributed by atoms with Crippen LogP contribution in [0.2, 0.25) is 0 Å². The Bertz CT molecular complexity index is 442. The average molecular weight is 230 g/mol. The average Bonchev–Trinajstić information content (AvgIpc) is 3.05. The SMILES string of the molecule is O=C(Nc1ccc(C2CC2)nn1)N1CC=CC1. The van der Waals surface area contributed by atoms with E-state index in [4.69, 9.17) is 0 Å². The molecule has 0 atom stereocenters. The van der Waals surface area contributed by atoms with Crippen molar-refractivity contribution < 1.29 is 4.79 Å². The van der Waals surface area contributed by atoms with Crippen molar-refractivity contribution in [1.82, 2.24) is 15.1 Å². The molecule has 1 N–H and O–H groups in total. The minimum Gasteiger partial charge on any atom is -0.317 e. The molecule has 0 radical (unpaired) electrons. The molecule has 17 heavy (non-hydrogen) atoms. The number of amides is 2. The summed E-state index contributed by atoms with van der Waals surface area (Å²) >= 11 is 0. The summed E-state index contributed by atoms with van der Waals surface area (Å²) in [5, 5.41) is 10.9. The first kappa shape index (κ1) is 10.3. The third-order valence-corrected chi connectivity index (χ3v) is 3.02. The van der Waals surface area contributed by atoms with Gasteiger partial charge in [-0.1, -0.05) is 12.2 Å².